The molecule has 9 nitrogen and oxygen atoms in total. The quantitative estimate of drug-likeness (QED) is 0.169. The lowest BCUT2D eigenvalue weighted by molar-refractivity contribution is -0.170. The van der Waals surface area contributed by atoms with Gasteiger partial charge in [-0.25, -0.2) is 5.06 Å². The van der Waals surface area contributed by atoms with E-state index in [2.05, 4.69) is 35.2 Å². The Kier molecular flexibility index (Phi) is 9.94. The van der Waals surface area contributed by atoms with Crippen molar-refractivity contribution in [3.8, 4) is 0 Å². The van der Waals surface area contributed by atoms with Gasteiger partial charge in [-0.2, -0.15) is 0 Å². The third-order valence-electron chi connectivity index (χ3n) is 6.37. The summed E-state index contributed by atoms with van der Waals surface area (Å²) in [5.41, 5.74) is 1.25. The fourth-order valence-electron chi connectivity index (χ4n) is 4.04. The Morgan fingerprint density at radius 3 is 2.31 bits per heavy atom. The maximum Gasteiger partial charge on any atom is 0.309 e. The van der Waals surface area contributed by atoms with Gasteiger partial charge in [-0.15, -0.1) is 0 Å². The van der Waals surface area contributed by atoms with Crippen molar-refractivity contribution in [3.05, 3.63) is 96.6 Å². The Morgan fingerprint density at radius 1 is 0.974 bits per heavy atom. The molecule has 0 saturated heterocycles. The van der Waals surface area contributed by atoms with Gasteiger partial charge in [0, 0.05) is 31.8 Å². The second-order valence-electron chi connectivity index (χ2n) is 8.99. The van der Waals surface area contributed by atoms with Gasteiger partial charge in [0.15, 0.2) is 0 Å². The molecule has 3 N–H and O–H groups in total. The van der Waals surface area contributed by atoms with Crippen molar-refractivity contribution < 1.29 is 24.0 Å². The molecule has 0 aliphatic heterocycles. The van der Waals surface area contributed by atoms with Crippen molar-refractivity contribution in [3.63, 3.8) is 0 Å². The zero-order valence-corrected chi connectivity index (χ0v) is 22.3. The molecule has 0 aromatic heterocycles. The average molecular weight is 531 g/mol. The second-order valence-corrected chi connectivity index (χ2v) is 8.99. The van der Waals surface area contributed by atoms with E-state index < -0.39 is 23.3 Å². The number of carbonyl (C=O) groups excluding carboxylic acids is 4. The van der Waals surface area contributed by atoms with Gasteiger partial charge in [-0.05, 0) is 47.7 Å². The summed E-state index contributed by atoms with van der Waals surface area (Å²) in [5, 5.41) is 11.3. The lowest BCUT2D eigenvalue weighted by Crippen LogP contribution is -2.41. The Bertz CT molecular complexity index is 1340. The molecule has 204 valence electrons. The van der Waals surface area contributed by atoms with E-state index in [1.165, 1.54) is 31.4 Å². The number of carbonyl (C=O) groups is 4. The standard InChI is InChI=1S/C30H34N4O5/c1-5-21(20-32-29(38)28(37)31-18-10-13-26(35)34(4)39-7-3)25(6-2)27(36)33-30(16-17-30)24-15-14-22-11-8-9-12-23(22)19-24/h5-6,8-15,19H,1-2,7,16-18,20H2,3-4H3,(H,31,37)(H,32,38)(H,33,36)/b13-10+,25-21-. The zero-order valence-electron chi connectivity index (χ0n) is 22.3. The van der Waals surface area contributed by atoms with E-state index in [0.29, 0.717) is 12.2 Å². The Hall–Kier alpha value is -4.50. The van der Waals surface area contributed by atoms with Crippen LogP contribution in [-0.2, 0) is 29.6 Å². The molecule has 0 heterocycles. The van der Waals surface area contributed by atoms with E-state index in [1.807, 2.05) is 36.4 Å². The number of hydrogen-bond acceptors (Lipinski definition) is 5. The van der Waals surface area contributed by atoms with Crippen LogP contribution in [0.25, 0.3) is 10.8 Å². The lowest BCUT2D eigenvalue weighted by Gasteiger charge is -2.20. The number of nitrogens with one attached hydrogen (secondary N) is 3. The third-order valence-corrected chi connectivity index (χ3v) is 6.37. The van der Waals surface area contributed by atoms with Crippen molar-refractivity contribution >= 4 is 34.4 Å². The molecule has 1 fully saturated rings. The molecule has 2 aromatic rings. The van der Waals surface area contributed by atoms with Crippen LogP contribution in [0.3, 0.4) is 0 Å². The minimum absolute atomic E-state index is 0.0285. The first-order chi connectivity index (χ1) is 18.7. The highest BCUT2D eigenvalue weighted by Gasteiger charge is 2.46. The van der Waals surface area contributed by atoms with Crippen molar-refractivity contribution in [1.82, 2.24) is 21.0 Å². The first-order valence-electron chi connectivity index (χ1n) is 12.7. The number of rotatable bonds is 12. The van der Waals surface area contributed by atoms with E-state index >= 15 is 0 Å². The summed E-state index contributed by atoms with van der Waals surface area (Å²) in [6.07, 6.45) is 7.12. The van der Waals surface area contributed by atoms with E-state index in [1.54, 1.807) is 6.92 Å². The van der Waals surface area contributed by atoms with Gasteiger partial charge in [0.2, 0.25) is 0 Å². The SMILES string of the molecule is C=C/C(CNC(=O)C(=O)NC/C=C/C(=O)N(C)OCC)=C(\C=C)C(=O)NC1(c2ccc3ccccc3c2)CC1. The minimum atomic E-state index is -0.890. The molecule has 4 amide bonds. The Balaban J connectivity index is 1.58. The monoisotopic (exact) mass is 530 g/mol. The predicted octanol–water partition coefficient (Wildman–Crippen LogP) is 2.81. The molecule has 1 aliphatic rings. The van der Waals surface area contributed by atoms with Crippen LogP contribution in [0.15, 0.2) is 91.1 Å². The maximum atomic E-state index is 13.2. The van der Waals surface area contributed by atoms with Gasteiger partial charge in [-0.1, -0.05) is 67.8 Å². The summed E-state index contributed by atoms with van der Waals surface area (Å²) in [5.74, 6) is -2.51. The molecule has 0 bridgehead atoms. The molecule has 39 heavy (non-hydrogen) atoms. The van der Waals surface area contributed by atoms with Gasteiger partial charge < -0.3 is 16.0 Å². The molecule has 0 unspecified atom stereocenters. The first kappa shape index (κ1) is 29.1. The number of likely N-dealkylation sites (N-methyl/N-ethyl adjacent to an activating group) is 1. The smallest absolute Gasteiger partial charge is 0.309 e. The minimum Gasteiger partial charge on any atom is -0.344 e. The molecule has 0 spiro atoms. The fourth-order valence-corrected chi connectivity index (χ4v) is 4.04. The van der Waals surface area contributed by atoms with Crippen LogP contribution in [0.1, 0.15) is 25.3 Å². The van der Waals surface area contributed by atoms with E-state index in [0.717, 1.165) is 34.2 Å². The van der Waals surface area contributed by atoms with Crippen LogP contribution in [0.2, 0.25) is 0 Å². The van der Waals surface area contributed by atoms with Crippen LogP contribution in [0.5, 0.6) is 0 Å². The van der Waals surface area contributed by atoms with Crippen molar-refractivity contribution in [2.45, 2.75) is 25.3 Å². The highest BCUT2D eigenvalue weighted by molar-refractivity contribution is 6.35. The maximum absolute atomic E-state index is 13.2. The number of hydroxylamine groups is 2. The summed E-state index contributed by atoms with van der Waals surface area (Å²) < 4.78 is 0. The van der Waals surface area contributed by atoms with Gasteiger partial charge in [-0.3, -0.25) is 24.0 Å². The van der Waals surface area contributed by atoms with Crippen LogP contribution in [-0.4, -0.2) is 55.4 Å². The summed E-state index contributed by atoms with van der Waals surface area (Å²) in [7, 11) is 1.47. The lowest BCUT2D eigenvalue weighted by atomic mass is 9.99. The van der Waals surface area contributed by atoms with E-state index in [-0.39, 0.29) is 24.6 Å². The highest BCUT2D eigenvalue weighted by Crippen LogP contribution is 2.46. The largest absolute Gasteiger partial charge is 0.344 e. The van der Waals surface area contributed by atoms with Crippen molar-refractivity contribution in [2.75, 3.05) is 26.7 Å². The van der Waals surface area contributed by atoms with Crippen molar-refractivity contribution in [2.24, 2.45) is 0 Å². The molecule has 2 aromatic carbocycles. The summed E-state index contributed by atoms with van der Waals surface area (Å²) in [4.78, 5) is 54.4. The molecule has 1 saturated carbocycles. The molecule has 3 rings (SSSR count). The number of benzene rings is 2. The normalized spacial score (nSPS) is 14.2. The molecule has 0 atom stereocenters. The summed E-state index contributed by atoms with van der Waals surface area (Å²) in [6, 6.07) is 14.2. The number of amides is 4. The summed E-state index contributed by atoms with van der Waals surface area (Å²) >= 11 is 0. The van der Waals surface area contributed by atoms with Crippen LogP contribution in [0, 0.1) is 0 Å². The van der Waals surface area contributed by atoms with Gasteiger partial charge in [0.05, 0.1) is 12.1 Å². The topological polar surface area (TPSA) is 117 Å². The predicted molar refractivity (Wildman–Crippen MR) is 150 cm³/mol. The molecule has 1 aliphatic carbocycles. The van der Waals surface area contributed by atoms with Crippen LogP contribution in [0.4, 0.5) is 0 Å². The van der Waals surface area contributed by atoms with E-state index in [4.69, 9.17) is 4.84 Å². The van der Waals surface area contributed by atoms with Gasteiger partial charge >= 0.3 is 11.8 Å². The number of nitrogens with zero attached hydrogens (tertiary/aromatic N) is 1. The molecule has 0 radical (unpaired) electrons. The first-order valence-corrected chi connectivity index (χ1v) is 12.7. The third kappa shape index (κ3) is 7.52. The van der Waals surface area contributed by atoms with Crippen LogP contribution < -0.4 is 16.0 Å². The summed E-state index contributed by atoms with van der Waals surface area (Å²) in [6.45, 7) is 9.48. The van der Waals surface area contributed by atoms with Gasteiger partial charge in [0.25, 0.3) is 11.8 Å². The molecular weight excluding hydrogens is 496 g/mol. The number of hydrogen-bond donors (Lipinski definition) is 3. The van der Waals surface area contributed by atoms with Gasteiger partial charge in [0.1, 0.15) is 0 Å². The van der Waals surface area contributed by atoms with Crippen molar-refractivity contribution in [1.29, 1.82) is 0 Å². The second kappa shape index (κ2) is 13.3. The fraction of sp³-hybridized carbons (Fsp3) is 0.267. The Morgan fingerprint density at radius 2 is 1.67 bits per heavy atom. The Labute approximate surface area is 228 Å². The zero-order chi connectivity index (χ0) is 28.4. The van der Waals surface area contributed by atoms with Crippen LogP contribution >= 0.6 is 0 Å². The molecule has 9 heteroatoms. The highest BCUT2D eigenvalue weighted by atomic mass is 16.7. The molecular formula is C30H34N4O5. The van der Waals surface area contributed by atoms with E-state index in [9.17, 15) is 19.2 Å². The number of fused-ring (bicyclic) bond motifs is 1. The average Bonchev–Trinajstić information content (AvgIpc) is 3.72.